The largest absolute Gasteiger partial charge is 0.489 e. The van der Waals surface area contributed by atoms with Crippen molar-refractivity contribution in [2.75, 3.05) is 5.32 Å². The normalized spacial score (nSPS) is 18.6. The summed E-state index contributed by atoms with van der Waals surface area (Å²) >= 11 is 0. The number of hydrogen-bond donors (Lipinski definition) is 1. The highest BCUT2D eigenvalue weighted by Gasteiger charge is 2.49. The van der Waals surface area contributed by atoms with Crippen LogP contribution in [0.3, 0.4) is 0 Å². The topological polar surface area (TPSA) is 72.8 Å². The summed E-state index contributed by atoms with van der Waals surface area (Å²) in [5.74, 6) is 0.745. The molecular formula is C22H15F2N5O. The van der Waals surface area contributed by atoms with E-state index in [1.54, 1.807) is 24.5 Å². The Morgan fingerprint density at radius 3 is 2.93 bits per heavy atom. The summed E-state index contributed by atoms with van der Waals surface area (Å²) in [6.07, 6.45) is 7.23. The van der Waals surface area contributed by atoms with Gasteiger partial charge in [0.05, 0.1) is 10.9 Å². The van der Waals surface area contributed by atoms with Gasteiger partial charge in [-0.15, -0.1) is 0 Å². The molecule has 2 aliphatic rings. The van der Waals surface area contributed by atoms with E-state index in [9.17, 15) is 8.78 Å². The molecule has 6 rings (SSSR count). The minimum absolute atomic E-state index is 0.188. The van der Waals surface area contributed by atoms with Gasteiger partial charge in [0, 0.05) is 53.8 Å². The average Bonchev–Trinajstić information content (AvgIpc) is 3.43. The van der Waals surface area contributed by atoms with Gasteiger partial charge in [-0.3, -0.25) is 0 Å². The third-order valence-electron chi connectivity index (χ3n) is 5.66. The zero-order chi connectivity index (χ0) is 20.2. The molecule has 0 bridgehead atoms. The standard InChI is InChI=1S/C22H15F2N5O/c23-16-1-2-17-20(12-6-18(12)30-17)14(16)9-28-22-15-7-25-10-29-21(15)13(8-27-22)11-3-4-26-19(24)5-11/h1-5,7-8,10,12,18H,6,9H2,(H,27,28). The van der Waals surface area contributed by atoms with E-state index in [4.69, 9.17) is 4.74 Å². The maximum absolute atomic E-state index is 14.6. The summed E-state index contributed by atoms with van der Waals surface area (Å²) in [6.45, 7) is 0.266. The highest BCUT2D eigenvalue weighted by molar-refractivity contribution is 5.98. The van der Waals surface area contributed by atoms with Crippen LogP contribution in [0.5, 0.6) is 5.75 Å². The van der Waals surface area contributed by atoms with Crippen LogP contribution in [0.1, 0.15) is 23.5 Å². The van der Waals surface area contributed by atoms with Crippen LogP contribution in [0.4, 0.5) is 14.6 Å². The Labute approximate surface area is 170 Å². The van der Waals surface area contributed by atoms with Crippen molar-refractivity contribution in [1.29, 1.82) is 0 Å². The Hall–Kier alpha value is -3.68. The maximum Gasteiger partial charge on any atom is 0.213 e. The molecule has 1 aliphatic heterocycles. The second-order valence-corrected chi connectivity index (χ2v) is 7.46. The molecule has 8 heteroatoms. The van der Waals surface area contributed by atoms with Crippen LogP contribution in [0, 0.1) is 11.8 Å². The molecule has 4 aromatic rings. The Balaban J connectivity index is 1.38. The smallest absolute Gasteiger partial charge is 0.213 e. The predicted octanol–water partition coefficient (Wildman–Crippen LogP) is 4.23. The first-order chi connectivity index (χ1) is 14.7. The summed E-state index contributed by atoms with van der Waals surface area (Å²) in [4.78, 5) is 16.6. The van der Waals surface area contributed by atoms with Crippen molar-refractivity contribution in [2.24, 2.45) is 0 Å². The molecule has 6 nitrogen and oxygen atoms in total. The van der Waals surface area contributed by atoms with Gasteiger partial charge in [0.15, 0.2) is 0 Å². The van der Waals surface area contributed by atoms with E-state index in [1.165, 1.54) is 24.7 Å². The molecule has 30 heavy (non-hydrogen) atoms. The number of hydrogen-bond acceptors (Lipinski definition) is 6. The lowest BCUT2D eigenvalue weighted by Gasteiger charge is -2.14. The molecule has 0 radical (unpaired) electrons. The van der Waals surface area contributed by atoms with Gasteiger partial charge in [-0.25, -0.2) is 24.3 Å². The van der Waals surface area contributed by atoms with Gasteiger partial charge < -0.3 is 10.1 Å². The molecule has 0 spiro atoms. The average molecular weight is 403 g/mol. The Bertz CT molecular complexity index is 1310. The number of nitrogens with one attached hydrogen (secondary N) is 1. The summed E-state index contributed by atoms with van der Waals surface area (Å²) in [6, 6.07) is 6.17. The van der Waals surface area contributed by atoms with Gasteiger partial charge in [0.1, 0.15) is 29.8 Å². The second kappa shape index (κ2) is 6.41. The summed E-state index contributed by atoms with van der Waals surface area (Å²) in [5.41, 5.74) is 3.47. The van der Waals surface area contributed by atoms with Gasteiger partial charge in [0.2, 0.25) is 5.95 Å². The van der Waals surface area contributed by atoms with E-state index in [1.807, 2.05) is 0 Å². The highest BCUT2D eigenvalue weighted by Crippen LogP contribution is 2.55. The van der Waals surface area contributed by atoms with Gasteiger partial charge in [-0.2, -0.15) is 4.39 Å². The van der Waals surface area contributed by atoms with Crippen molar-refractivity contribution in [1.82, 2.24) is 19.9 Å². The van der Waals surface area contributed by atoms with E-state index in [-0.39, 0.29) is 24.4 Å². The molecule has 1 fully saturated rings. The molecule has 1 aromatic carbocycles. The van der Waals surface area contributed by atoms with Crippen molar-refractivity contribution >= 4 is 16.7 Å². The number of ether oxygens (including phenoxy) is 1. The van der Waals surface area contributed by atoms with Gasteiger partial charge >= 0.3 is 0 Å². The van der Waals surface area contributed by atoms with Gasteiger partial charge in [-0.05, 0) is 30.2 Å². The summed E-state index contributed by atoms with van der Waals surface area (Å²) in [5, 5.41) is 3.90. The van der Waals surface area contributed by atoms with Gasteiger partial charge in [-0.1, -0.05) is 0 Å². The van der Waals surface area contributed by atoms with Crippen LogP contribution in [-0.4, -0.2) is 26.0 Å². The first-order valence-corrected chi connectivity index (χ1v) is 9.61. The first-order valence-electron chi connectivity index (χ1n) is 9.61. The van der Waals surface area contributed by atoms with Crippen LogP contribution in [-0.2, 0) is 6.54 Å². The third kappa shape index (κ3) is 2.67. The SMILES string of the molecule is Fc1cc(-c2cnc(NCc3c(F)ccc4c3C3CC3O4)c3cncnc23)ccn1. The predicted molar refractivity (Wildman–Crippen MR) is 106 cm³/mol. The van der Waals surface area contributed by atoms with E-state index in [0.717, 1.165) is 17.7 Å². The number of nitrogens with zero attached hydrogens (tertiary/aromatic N) is 4. The molecule has 1 aliphatic carbocycles. The minimum atomic E-state index is -0.578. The number of pyridine rings is 2. The van der Waals surface area contributed by atoms with Crippen molar-refractivity contribution in [3.8, 4) is 16.9 Å². The Morgan fingerprint density at radius 1 is 1.10 bits per heavy atom. The number of aromatic nitrogens is 4. The Kier molecular flexibility index (Phi) is 3.68. The van der Waals surface area contributed by atoms with Gasteiger partial charge in [0.25, 0.3) is 0 Å². The number of halogens is 2. The molecule has 2 atom stereocenters. The van der Waals surface area contributed by atoms with Crippen molar-refractivity contribution in [3.63, 3.8) is 0 Å². The summed E-state index contributed by atoms with van der Waals surface area (Å²) < 4.78 is 34.0. The molecule has 2 unspecified atom stereocenters. The lowest BCUT2D eigenvalue weighted by atomic mass is 10.0. The third-order valence-corrected chi connectivity index (χ3v) is 5.66. The molecule has 0 amide bonds. The Morgan fingerprint density at radius 2 is 2.03 bits per heavy atom. The van der Waals surface area contributed by atoms with Crippen molar-refractivity contribution in [2.45, 2.75) is 25.0 Å². The molecule has 1 N–H and O–H groups in total. The summed E-state index contributed by atoms with van der Waals surface area (Å²) in [7, 11) is 0. The highest BCUT2D eigenvalue weighted by atomic mass is 19.1. The van der Waals surface area contributed by atoms with E-state index >= 15 is 0 Å². The molecule has 1 saturated carbocycles. The molecular weight excluding hydrogens is 388 g/mol. The van der Waals surface area contributed by atoms with E-state index < -0.39 is 5.95 Å². The van der Waals surface area contributed by atoms with E-state index in [0.29, 0.717) is 33.4 Å². The number of rotatable bonds is 4. The van der Waals surface area contributed by atoms with Crippen LogP contribution in [0.15, 0.2) is 49.2 Å². The molecule has 0 saturated heterocycles. The van der Waals surface area contributed by atoms with Crippen molar-refractivity contribution < 1.29 is 13.5 Å². The van der Waals surface area contributed by atoms with E-state index in [2.05, 4.69) is 25.3 Å². The maximum atomic E-state index is 14.6. The number of benzene rings is 1. The lowest BCUT2D eigenvalue weighted by Crippen LogP contribution is -2.07. The quantitative estimate of drug-likeness (QED) is 0.514. The zero-order valence-corrected chi connectivity index (χ0v) is 15.6. The minimum Gasteiger partial charge on any atom is -0.489 e. The second-order valence-electron chi connectivity index (χ2n) is 7.46. The monoisotopic (exact) mass is 403 g/mol. The van der Waals surface area contributed by atoms with Crippen molar-refractivity contribution in [3.05, 3.63) is 72.1 Å². The zero-order valence-electron chi connectivity index (χ0n) is 15.6. The fraction of sp³-hybridized carbons (Fsp3) is 0.182. The van der Waals surface area contributed by atoms with Crippen LogP contribution in [0.2, 0.25) is 0 Å². The number of fused-ring (bicyclic) bond motifs is 4. The van der Waals surface area contributed by atoms with Crippen LogP contribution in [0.25, 0.3) is 22.0 Å². The molecule has 3 aromatic heterocycles. The molecule has 4 heterocycles. The first kappa shape index (κ1) is 17.2. The number of anilines is 1. The fourth-order valence-electron chi connectivity index (χ4n) is 4.15. The lowest BCUT2D eigenvalue weighted by molar-refractivity contribution is 0.318. The molecule has 148 valence electrons. The fourth-order valence-corrected chi connectivity index (χ4v) is 4.15. The van der Waals surface area contributed by atoms with Crippen LogP contribution < -0.4 is 10.1 Å². The van der Waals surface area contributed by atoms with Crippen LogP contribution >= 0.6 is 0 Å².